The molecule has 0 saturated heterocycles. The molecule has 138 valence electrons. The predicted molar refractivity (Wildman–Crippen MR) is 91.2 cm³/mol. The number of carboxylic acid groups (broad SMARTS) is 1. The van der Waals surface area contributed by atoms with Crippen molar-refractivity contribution >= 4 is 29.3 Å². The average Bonchev–Trinajstić information content (AvgIpc) is 2.58. The second-order valence-electron chi connectivity index (χ2n) is 5.52. The third kappa shape index (κ3) is 7.93. The minimum Gasteiger partial charge on any atom is -0.481 e. The van der Waals surface area contributed by atoms with E-state index in [2.05, 4.69) is 15.3 Å². The molecule has 0 spiro atoms. The summed E-state index contributed by atoms with van der Waals surface area (Å²) in [6, 6.07) is 5.33. The van der Waals surface area contributed by atoms with Crippen LogP contribution in [0, 0.1) is 0 Å². The van der Waals surface area contributed by atoms with Crippen LogP contribution in [0.2, 0.25) is 0 Å². The number of aliphatic carboxylic acids is 1. The fraction of sp³-hybridized carbons (Fsp3) is 0.375. The van der Waals surface area contributed by atoms with Crippen molar-refractivity contribution in [3.05, 3.63) is 40.3 Å². The zero-order valence-electron chi connectivity index (χ0n) is 13.9. The van der Waals surface area contributed by atoms with Crippen LogP contribution in [0.15, 0.2) is 29.4 Å². The maximum atomic E-state index is 12.1. The Morgan fingerprint density at radius 3 is 2.35 bits per heavy atom. The molecule has 1 aromatic rings. The van der Waals surface area contributed by atoms with E-state index in [4.69, 9.17) is 16.4 Å². The summed E-state index contributed by atoms with van der Waals surface area (Å²) in [6.07, 6.45) is -0.738. The van der Waals surface area contributed by atoms with Gasteiger partial charge in [0, 0.05) is 23.4 Å². The molecule has 1 unspecified atom stereocenters. The van der Waals surface area contributed by atoms with E-state index in [0.29, 0.717) is 11.3 Å². The number of amides is 2. The summed E-state index contributed by atoms with van der Waals surface area (Å²) in [5, 5.41) is 14.6. The molecule has 0 bridgehead atoms. The predicted octanol–water partition coefficient (Wildman–Crippen LogP) is 1.36. The summed E-state index contributed by atoms with van der Waals surface area (Å²) >= 11 is 0. The Hall–Kier alpha value is -3.39. The third-order valence-electron chi connectivity index (χ3n) is 3.45. The number of hydrogen-bond acceptors (Lipinski definition) is 5. The zero-order chi connectivity index (χ0) is 19.5. The topological polar surface area (TPSA) is 175 Å². The van der Waals surface area contributed by atoms with Gasteiger partial charge in [-0.1, -0.05) is 29.4 Å². The van der Waals surface area contributed by atoms with Gasteiger partial charge in [-0.15, -0.1) is 0 Å². The van der Waals surface area contributed by atoms with Crippen LogP contribution in [0.4, 0.5) is 5.69 Å². The van der Waals surface area contributed by atoms with Crippen molar-refractivity contribution in [2.75, 3.05) is 0 Å². The first kappa shape index (κ1) is 20.7. The molecular formula is C16H19N5O5. The molecule has 10 nitrogen and oxygen atoms in total. The number of primary amides is 1. The quantitative estimate of drug-likeness (QED) is 0.306. The van der Waals surface area contributed by atoms with Gasteiger partial charge in [-0.2, -0.15) is 0 Å². The van der Waals surface area contributed by atoms with Crippen LogP contribution in [0.1, 0.15) is 31.2 Å². The van der Waals surface area contributed by atoms with Gasteiger partial charge in [-0.3, -0.25) is 19.2 Å². The lowest BCUT2D eigenvalue weighted by molar-refractivity contribution is -0.139. The number of carboxylic acids is 1. The molecule has 0 radical (unpaired) electrons. The number of ketones is 1. The van der Waals surface area contributed by atoms with Gasteiger partial charge >= 0.3 is 5.97 Å². The van der Waals surface area contributed by atoms with Crippen LogP contribution in [-0.4, -0.2) is 34.7 Å². The molecule has 0 aromatic heterocycles. The molecule has 0 aliphatic heterocycles. The molecule has 0 aliphatic carbocycles. The van der Waals surface area contributed by atoms with Gasteiger partial charge in [-0.05, 0) is 17.5 Å². The van der Waals surface area contributed by atoms with Crippen LogP contribution < -0.4 is 11.1 Å². The maximum absolute atomic E-state index is 12.1. The van der Waals surface area contributed by atoms with Crippen molar-refractivity contribution in [3.8, 4) is 0 Å². The monoisotopic (exact) mass is 361 g/mol. The van der Waals surface area contributed by atoms with Crippen LogP contribution in [0.25, 0.3) is 10.4 Å². The average molecular weight is 361 g/mol. The van der Waals surface area contributed by atoms with Gasteiger partial charge in [0.25, 0.3) is 0 Å². The third-order valence-corrected chi connectivity index (χ3v) is 3.45. The Kier molecular flexibility index (Phi) is 8.32. The highest BCUT2D eigenvalue weighted by Gasteiger charge is 2.22. The van der Waals surface area contributed by atoms with Gasteiger partial charge < -0.3 is 16.2 Å². The van der Waals surface area contributed by atoms with Gasteiger partial charge in [0.2, 0.25) is 11.8 Å². The number of nitrogens with two attached hydrogens (primary N) is 1. The maximum Gasteiger partial charge on any atom is 0.303 e. The van der Waals surface area contributed by atoms with Crippen molar-refractivity contribution in [2.45, 2.75) is 38.1 Å². The van der Waals surface area contributed by atoms with Gasteiger partial charge in [0.1, 0.15) is 0 Å². The number of benzene rings is 1. The zero-order valence-corrected chi connectivity index (χ0v) is 13.9. The fourth-order valence-electron chi connectivity index (χ4n) is 2.17. The smallest absolute Gasteiger partial charge is 0.303 e. The molecular weight excluding hydrogens is 342 g/mol. The van der Waals surface area contributed by atoms with Crippen LogP contribution >= 0.6 is 0 Å². The van der Waals surface area contributed by atoms with Crippen LogP contribution in [0.3, 0.4) is 0 Å². The second-order valence-corrected chi connectivity index (χ2v) is 5.52. The van der Waals surface area contributed by atoms with Crippen molar-refractivity contribution in [1.29, 1.82) is 0 Å². The number of hydrogen-bond donors (Lipinski definition) is 3. The molecule has 1 atom stereocenters. The number of azide groups is 1. The normalized spacial score (nSPS) is 11.1. The Balaban J connectivity index is 2.70. The first-order chi connectivity index (χ1) is 12.3. The van der Waals surface area contributed by atoms with Crippen molar-refractivity contribution < 1.29 is 24.3 Å². The van der Waals surface area contributed by atoms with Gasteiger partial charge in [-0.25, -0.2) is 0 Å². The Morgan fingerprint density at radius 1 is 1.15 bits per heavy atom. The van der Waals surface area contributed by atoms with E-state index >= 15 is 0 Å². The lowest BCUT2D eigenvalue weighted by atomic mass is 10.0. The molecule has 26 heavy (non-hydrogen) atoms. The Labute approximate surface area is 149 Å². The highest BCUT2D eigenvalue weighted by atomic mass is 16.4. The van der Waals surface area contributed by atoms with E-state index in [-0.39, 0.29) is 32.1 Å². The first-order valence-corrected chi connectivity index (χ1v) is 7.78. The number of Topliss-reactive ketones (excluding diaryl/α,β-unsaturated/α-hetero) is 1. The molecule has 0 saturated carbocycles. The molecule has 4 N–H and O–H groups in total. The Bertz CT molecular complexity index is 725. The Morgan fingerprint density at radius 2 is 1.81 bits per heavy atom. The first-order valence-electron chi connectivity index (χ1n) is 7.78. The number of carbonyl (C=O) groups is 4. The van der Waals surface area contributed by atoms with Gasteiger partial charge in [0.05, 0.1) is 18.9 Å². The molecule has 0 heterocycles. The minimum absolute atomic E-state index is 0.00927. The van der Waals surface area contributed by atoms with E-state index in [1.807, 2.05) is 0 Å². The van der Waals surface area contributed by atoms with Gasteiger partial charge in [0.15, 0.2) is 5.78 Å². The van der Waals surface area contributed by atoms with E-state index in [0.717, 1.165) is 0 Å². The van der Waals surface area contributed by atoms with Crippen molar-refractivity contribution in [1.82, 2.24) is 5.32 Å². The van der Waals surface area contributed by atoms with Crippen molar-refractivity contribution in [3.63, 3.8) is 0 Å². The highest BCUT2D eigenvalue weighted by molar-refractivity contribution is 5.91. The van der Waals surface area contributed by atoms with E-state index < -0.39 is 29.6 Å². The molecule has 2 amide bonds. The summed E-state index contributed by atoms with van der Waals surface area (Å²) in [7, 11) is 0. The summed E-state index contributed by atoms with van der Waals surface area (Å²) in [5.41, 5.74) is 14.4. The molecule has 0 fully saturated rings. The van der Waals surface area contributed by atoms with E-state index in [1.165, 1.54) is 0 Å². The lowest BCUT2D eigenvalue weighted by Crippen LogP contribution is -2.42. The molecule has 10 heteroatoms. The standard InChI is InChI=1S/C16H19N5O5/c17-14(23)7-5-12(13(22)6-8-16(25)26)19-15(24)9-10-1-3-11(4-2-10)20-21-18/h1-4,12H,5-9H2,(H2,17,23)(H,19,24)(H,25,26). The number of rotatable bonds is 11. The number of nitrogens with zero attached hydrogens (tertiary/aromatic N) is 3. The number of carbonyl (C=O) groups excluding carboxylic acids is 3. The minimum atomic E-state index is -1.13. The highest BCUT2D eigenvalue weighted by Crippen LogP contribution is 2.13. The largest absolute Gasteiger partial charge is 0.481 e. The van der Waals surface area contributed by atoms with Crippen molar-refractivity contribution in [2.24, 2.45) is 10.8 Å². The van der Waals surface area contributed by atoms with Crippen LogP contribution in [-0.2, 0) is 25.6 Å². The summed E-state index contributed by atoms with van der Waals surface area (Å²) < 4.78 is 0. The van der Waals surface area contributed by atoms with E-state index in [9.17, 15) is 19.2 Å². The summed E-state index contributed by atoms with van der Waals surface area (Å²) in [4.78, 5) is 48.4. The lowest BCUT2D eigenvalue weighted by Gasteiger charge is -2.17. The second kappa shape index (κ2) is 10.5. The summed E-state index contributed by atoms with van der Waals surface area (Å²) in [5.74, 6) is -2.68. The van der Waals surface area contributed by atoms with Crippen LogP contribution in [0.5, 0.6) is 0 Å². The molecule has 1 aromatic carbocycles. The number of nitrogens with one attached hydrogen (secondary N) is 1. The SMILES string of the molecule is [N-]=[N+]=Nc1ccc(CC(=O)NC(CCC(N)=O)C(=O)CCC(=O)O)cc1. The van der Waals surface area contributed by atoms with E-state index in [1.54, 1.807) is 24.3 Å². The fourth-order valence-corrected chi connectivity index (χ4v) is 2.17. The summed E-state index contributed by atoms with van der Waals surface area (Å²) in [6.45, 7) is 0. The molecule has 1 rings (SSSR count). The molecule has 0 aliphatic rings.